The minimum absolute atomic E-state index is 0.0590. The zero-order valence-electron chi connectivity index (χ0n) is 15.5. The lowest BCUT2D eigenvalue weighted by Crippen LogP contribution is -2.51. The van der Waals surface area contributed by atoms with E-state index in [-0.39, 0.29) is 23.8 Å². The SMILES string of the molecule is COc1cc(N2CCC3(CC2)C[C@H](O)C[C@H](c2ccccc2)O3)nc(N)n1. The number of aliphatic hydroxyl groups is 1. The Morgan fingerprint density at radius 1 is 1.22 bits per heavy atom. The van der Waals surface area contributed by atoms with Gasteiger partial charge in [0.05, 0.1) is 24.9 Å². The first-order chi connectivity index (χ1) is 13.1. The molecule has 3 heterocycles. The van der Waals surface area contributed by atoms with Gasteiger partial charge in [0.25, 0.3) is 0 Å². The number of aliphatic hydroxyl groups excluding tert-OH is 1. The molecule has 2 fully saturated rings. The fourth-order valence-electron chi connectivity index (χ4n) is 4.19. The van der Waals surface area contributed by atoms with Crippen molar-refractivity contribution in [2.75, 3.05) is 30.8 Å². The second-order valence-corrected chi connectivity index (χ2v) is 7.41. The third-order valence-corrected chi connectivity index (χ3v) is 5.57. The molecule has 2 saturated heterocycles. The molecule has 0 bridgehead atoms. The second-order valence-electron chi connectivity index (χ2n) is 7.41. The maximum absolute atomic E-state index is 10.5. The molecule has 3 N–H and O–H groups in total. The van der Waals surface area contributed by atoms with E-state index < -0.39 is 0 Å². The highest BCUT2D eigenvalue weighted by Crippen LogP contribution is 2.43. The Hall–Kier alpha value is -2.38. The van der Waals surface area contributed by atoms with Gasteiger partial charge in [-0.2, -0.15) is 9.97 Å². The van der Waals surface area contributed by atoms with Gasteiger partial charge in [-0.1, -0.05) is 30.3 Å². The minimum Gasteiger partial charge on any atom is -0.481 e. The van der Waals surface area contributed by atoms with E-state index in [1.54, 1.807) is 13.2 Å². The molecule has 0 unspecified atom stereocenters. The summed E-state index contributed by atoms with van der Waals surface area (Å²) in [5.41, 5.74) is 6.63. The summed E-state index contributed by atoms with van der Waals surface area (Å²) in [6.07, 6.45) is 2.59. The Labute approximate surface area is 159 Å². The molecule has 1 spiro atoms. The number of nitrogens with zero attached hydrogens (tertiary/aromatic N) is 3. The maximum atomic E-state index is 10.5. The Morgan fingerprint density at radius 3 is 2.67 bits per heavy atom. The van der Waals surface area contributed by atoms with Gasteiger partial charge < -0.3 is 25.2 Å². The summed E-state index contributed by atoms with van der Waals surface area (Å²) in [6, 6.07) is 12.0. The summed E-state index contributed by atoms with van der Waals surface area (Å²) in [5, 5.41) is 10.5. The van der Waals surface area contributed by atoms with Crippen LogP contribution < -0.4 is 15.4 Å². The smallest absolute Gasteiger partial charge is 0.225 e. The number of rotatable bonds is 3. The van der Waals surface area contributed by atoms with Gasteiger partial charge in [0.2, 0.25) is 11.8 Å². The van der Waals surface area contributed by atoms with Crippen LogP contribution in [0, 0.1) is 0 Å². The van der Waals surface area contributed by atoms with Crippen molar-refractivity contribution in [3.63, 3.8) is 0 Å². The standard InChI is InChI=1S/C20H26N4O3/c1-26-18-12-17(22-19(21)23-18)24-9-7-20(8-10-24)13-15(25)11-16(27-20)14-5-3-2-4-6-14/h2-6,12,15-16,25H,7-11,13H2,1H3,(H2,21,22,23)/t15-,16-/m1/s1. The Morgan fingerprint density at radius 2 is 1.96 bits per heavy atom. The van der Waals surface area contributed by atoms with Gasteiger partial charge in [0, 0.05) is 32.0 Å². The monoisotopic (exact) mass is 370 g/mol. The molecule has 0 amide bonds. The largest absolute Gasteiger partial charge is 0.481 e. The van der Waals surface area contributed by atoms with Gasteiger partial charge in [-0.3, -0.25) is 0 Å². The third-order valence-electron chi connectivity index (χ3n) is 5.57. The molecule has 2 atom stereocenters. The number of methoxy groups -OCH3 is 1. The molecule has 1 aromatic heterocycles. The molecule has 2 aliphatic rings. The van der Waals surface area contributed by atoms with Crippen LogP contribution in [0.3, 0.4) is 0 Å². The van der Waals surface area contributed by atoms with Crippen molar-refractivity contribution in [3.8, 4) is 5.88 Å². The summed E-state index contributed by atoms with van der Waals surface area (Å²) in [7, 11) is 1.57. The van der Waals surface area contributed by atoms with Crippen LogP contribution in [0.1, 0.15) is 37.4 Å². The average Bonchev–Trinajstić information content (AvgIpc) is 2.68. The minimum atomic E-state index is -0.342. The van der Waals surface area contributed by atoms with Gasteiger partial charge in [-0.25, -0.2) is 0 Å². The van der Waals surface area contributed by atoms with E-state index in [1.807, 2.05) is 18.2 Å². The number of hydrogen-bond donors (Lipinski definition) is 2. The molecule has 27 heavy (non-hydrogen) atoms. The van der Waals surface area contributed by atoms with E-state index in [0.717, 1.165) is 37.3 Å². The molecule has 2 aliphatic heterocycles. The van der Waals surface area contributed by atoms with Crippen LogP contribution in [0.5, 0.6) is 5.88 Å². The number of anilines is 2. The zero-order chi connectivity index (χ0) is 18.9. The highest BCUT2D eigenvalue weighted by molar-refractivity contribution is 5.46. The molecule has 0 saturated carbocycles. The van der Waals surface area contributed by atoms with Crippen molar-refractivity contribution in [3.05, 3.63) is 42.0 Å². The molecule has 7 heteroatoms. The van der Waals surface area contributed by atoms with Crippen LogP contribution in [-0.4, -0.2) is 47.0 Å². The lowest BCUT2D eigenvalue weighted by Gasteiger charge is -2.48. The van der Waals surface area contributed by atoms with Gasteiger partial charge in [-0.05, 0) is 18.4 Å². The first-order valence-corrected chi connectivity index (χ1v) is 9.41. The predicted molar refractivity (Wildman–Crippen MR) is 103 cm³/mol. The Kier molecular flexibility index (Phi) is 4.88. The highest BCUT2D eigenvalue weighted by atomic mass is 16.5. The van der Waals surface area contributed by atoms with Crippen molar-refractivity contribution in [2.45, 2.75) is 43.5 Å². The van der Waals surface area contributed by atoms with Crippen molar-refractivity contribution >= 4 is 11.8 Å². The van der Waals surface area contributed by atoms with Crippen LogP contribution in [0.25, 0.3) is 0 Å². The summed E-state index contributed by atoms with van der Waals surface area (Å²) in [4.78, 5) is 10.6. The van der Waals surface area contributed by atoms with Crippen LogP contribution in [0.15, 0.2) is 36.4 Å². The van der Waals surface area contributed by atoms with Crippen molar-refractivity contribution in [2.24, 2.45) is 0 Å². The summed E-state index contributed by atoms with van der Waals surface area (Å²) in [5.74, 6) is 1.44. The Bertz CT molecular complexity index is 778. The van der Waals surface area contributed by atoms with Crippen LogP contribution >= 0.6 is 0 Å². The molecular weight excluding hydrogens is 344 g/mol. The lowest BCUT2D eigenvalue weighted by molar-refractivity contribution is -0.173. The summed E-state index contributed by atoms with van der Waals surface area (Å²) < 4.78 is 11.8. The normalized spacial score (nSPS) is 24.7. The van der Waals surface area contributed by atoms with E-state index >= 15 is 0 Å². The molecule has 4 rings (SSSR count). The van der Waals surface area contributed by atoms with Gasteiger partial charge in [0.15, 0.2) is 0 Å². The topological polar surface area (TPSA) is 93.7 Å². The van der Waals surface area contributed by atoms with Gasteiger partial charge >= 0.3 is 0 Å². The van der Waals surface area contributed by atoms with Gasteiger partial charge in [0.1, 0.15) is 5.82 Å². The van der Waals surface area contributed by atoms with Crippen molar-refractivity contribution in [1.82, 2.24) is 9.97 Å². The van der Waals surface area contributed by atoms with E-state index in [2.05, 4.69) is 27.0 Å². The first-order valence-electron chi connectivity index (χ1n) is 9.41. The molecule has 0 radical (unpaired) electrons. The summed E-state index contributed by atoms with van der Waals surface area (Å²) in [6.45, 7) is 1.57. The van der Waals surface area contributed by atoms with E-state index in [9.17, 15) is 5.11 Å². The average molecular weight is 370 g/mol. The highest BCUT2D eigenvalue weighted by Gasteiger charge is 2.43. The van der Waals surface area contributed by atoms with E-state index in [4.69, 9.17) is 15.2 Å². The predicted octanol–water partition coefficient (Wildman–Crippen LogP) is 2.32. The number of nitrogen functional groups attached to an aromatic ring is 1. The number of ether oxygens (including phenoxy) is 2. The number of piperidine rings is 1. The molecule has 144 valence electrons. The van der Waals surface area contributed by atoms with E-state index in [1.165, 1.54) is 0 Å². The molecule has 2 aromatic rings. The van der Waals surface area contributed by atoms with Crippen molar-refractivity contribution < 1.29 is 14.6 Å². The number of benzene rings is 1. The first kappa shape index (κ1) is 18.0. The van der Waals surface area contributed by atoms with Crippen LogP contribution in [0.2, 0.25) is 0 Å². The molecular formula is C20H26N4O3. The van der Waals surface area contributed by atoms with Gasteiger partial charge in [-0.15, -0.1) is 0 Å². The molecule has 7 nitrogen and oxygen atoms in total. The van der Waals surface area contributed by atoms with Crippen LogP contribution in [0.4, 0.5) is 11.8 Å². The fourth-order valence-corrected chi connectivity index (χ4v) is 4.19. The molecule has 0 aliphatic carbocycles. The lowest BCUT2D eigenvalue weighted by atomic mass is 9.81. The quantitative estimate of drug-likeness (QED) is 0.856. The van der Waals surface area contributed by atoms with Crippen molar-refractivity contribution in [1.29, 1.82) is 0 Å². The van der Waals surface area contributed by atoms with Crippen LogP contribution in [-0.2, 0) is 4.74 Å². The number of aromatic nitrogens is 2. The fraction of sp³-hybridized carbons (Fsp3) is 0.500. The summed E-state index contributed by atoms with van der Waals surface area (Å²) >= 11 is 0. The second kappa shape index (κ2) is 7.32. The van der Waals surface area contributed by atoms with E-state index in [0.29, 0.717) is 18.7 Å². The zero-order valence-corrected chi connectivity index (χ0v) is 15.5. The molecule has 1 aromatic carbocycles. The maximum Gasteiger partial charge on any atom is 0.225 e. The third kappa shape index (κ3) is 3.84. The number of nitrogens with two attached hydrogens (primary N) is 1. The number of hydrogen-bond acceptors (Lipinski definition) is 7. The Balaban J connectivity index is 1.48.